The summed E-state index contributed by atoms with van der Waals surface area (Å²) in [6.07, 6.45) is 4.69. The summed E-state index contributed by atoms with van der Waals surface area (Å²) in [7, 11) is 0. The lowest BCUT2D eigenvalue weighted by atomic mass is 9.70. The molecule has 1 aliphatic heterocycles. The van der Waals surface area contributed by atoms with Crippen LogP contribution in [0.2, 0.25) is 0 Å². The van der Waals surface area contributed by atoms with Gasteiger partial charge in [0.25, 0.3) is 0 Å². The first-order chi connectivity index (χ1) is 13.5. The van der Waals surface area contributed by atoms with Gasteiger partial charge in [-0.05, 0) is 58.9 Å². The second-order valence-corrected chi connectivity index (χ2v) is 10.5. The van der Waals surface area contributed by atoms with Crippen molar-refractivity contribution in [1.29, 1.82) is 0 Å². The molecule has 1 aromatic carbocycles. The summed E-state index contributed by atoms with van der Waals surface area (Å²) in [6, 6.07) is 5.97. The Morgan fingerprint density at radius 1 is 1.24 bits per heavy atom. The van der Waals surface area contributed by atoms with E-state index in [1.807, 2.05) is 39.0 Å². The van der Waals surface area contributed by atoms with Gasteiger partial charge in [-0.15, -0.1) is 0 Å². The fourth-order valence-electron chi connectivity index (χ4n) is 5.02. The third-order valence-corrected chi connectivity index (χ3v) is 7.03. The minimum atomic E-state index is -0.281. The molecule has 3 aliphatic rings. The minimum absolute atomic E-state index is 0.0600. The maximum atomic E-state index is 12.3. The number of hydrogen-bond acceptors (Lipinski definition) is 5. The lowest BCUT2D eigenvalue weighted by Gasteiger charge is -2.33. The van der Waals surface area contributed by atoms with Gasteiger partial charge in [-0.1, -0.05) is 52.8 Å². The second-order valence-electron chi connectivity index (χ2n) is 10.5. The molecule has 0 aromatic heterocycles. The third kappa shape index (κ3) is 3.34. The molecule has 5 nitrogen and oxygen atoms in total. The Kier molecular flexibility index (Phi) is 4.56. The molecule has 0 N–H and O–H groups in total. The van der Waals surface area contributed by atoms with Crippen molar-refractivity contribution in [3.05, 3.63) is 29.3 Å². The molecule has 0 amide bonds. The summed E-state index contributed by atoms with van der Waals surface area (Å²) in [6.45, 7) is 13.2. The Labute approximate surface area is 173 Å². The molecular formula is C24H31NO4. The van der Waals surface area contributed by atoms with Crippen molar-refractivity contribution < 1.29 is 19.1 Å². The number of fused-ring (bicyclic) bond motifs is 3. The van der Waals surface area contributed by atoms with Crippen LogP contribution in [0.5, 0.6) is 11.5 Å². The maximum absolute atomic E-state index is 12.3. The molecule has 4 rings (SSSR count). The molecule has 1 heterocycles. The van der Waals surface area contributed by atoms with Crippen LogP contribution in [0.15, 0.2) is 28.9 Å². The third-order valence-electron chi connectivity index (χ3n) is 7.03. The minimum Gasteiger partial charge on any atom is -0.454 e. The summed E-state index contributed by atoms with van der Waals surface area (Å²) in [5.74, 6) is 1.65. The average Bonchev–Trinajstić information content (AvgIpc) is 3.19. The van der Waals surface area contributed by atoms with Crippen LogP contribution in [0.4, 0.5) is 0 Å². The molecule has 2 unspecified atom stereocenters. The zero-order valence-corrected chi connectivity index (χ0v) is 18.3. The standard InChI is InChI=1S/C24H31NO4/c1-22(2,3)13-20(26)29-25-21-16(17-9-10-24(21,6)23(17,4)5)11-15-7-8-18-19(12-15)28-14-27-18/h7-8,11-12,17H,9-10,13-14H2,1-6H3/b16-11+,25-21?. The molecule has 156 valence electrons. The van der Waals surface area contributed by atoms with Crippen LogP contribution >= 0.6 is 0 Å². The van der Waals surface area contributed by atoms with Crippen molar-refractivity contribution in [2.75, 3.05) is 6.79 Å². The van der Waals surface area contributed by atoms with E-state index in [-0.39, 0.29) is 29.0 Å². The summed E-state index contributed by atoms with van der Waals surface area (Å²) < 4.78 is 11.0. The Bertz CT molecular complexity index is 906. The molecule has 1 aromatic rings. The highest BCUT2D eigenvalue weighted by Crippen LogP contribution is 2.66. The van der Waals surface area contributed by atoms with Gasteiger partial charge < -0.3 is 14.3 Å². The summed E-state index contributed by atoms with van der Waals surface area (Å²) in [4.78, 5) is 17.7. The Morgan fingerprint density at radius 2 is 1.97 bits per heavy atom. The fourth-order valence-corrected chi connectivity index (χ4v) is 5.02. The molecule has 0 spiro atoms. The highest BCUT2D eigenvalue weighted by atomic mass is 16.7. The molecular weight excluding hydrogens is 366 g/mol. The number of carbonyl (C=O) groups excluding carboxylic acids is 1. The van der Waals surface area contributed by atoms with Crippen molar-refractivity contribution in [2.45, 2.75) is 60.8 Å². The van der Waals surface area contributed by atoms with Crippen LogP contribution in [0, 0.1) is 22.2 Å². The first-order valence-electron chi connectivity index (χ1n) is 10.4. The van der Waals surface area contributed by atoms with Crippen molar-refractivity contribution in [1.82, 2.24) is 0 Å². The van der Waals surface area contributed by atoms with Gasteiger partial charge in [0.2, 0.25) is 6.79 Å². The smallest absolute Gasteiger partial charge is 0.335 e. The van der Waals surface area contributed by atoms with E-state index in [0.29, 0.717) is 12.3 Å². The van der Waals surface area contributed by atoms with Crippen LogP contribution in [-0.4, -0.2) is 18.5 Å². The van der Waals surface area contributed by atoms with Gasteiger partial charge in [0.05, 0.1) is 12.1 Å². The summed E-state index contributed by atoms with van der Waals surface area (Å²) in [5, 5.41) is 4.45. The molecule has 5 heteroatoms. The zero-order chi connectivity index (χ0) is 21.0. The summed E-state index contributed by atoms with van der Waals surface area (Å²) >= 11 is 0. The van der Waals surface area contributed by atoms with Crippen molar-refractivity contribution >= 4 is 17.8 Å². The molecule has 2 aliphatic carbocycles. The SMILES string of the molecule is CC(C)(C)CC(=O)ON=C1/C(=C/c2ccc3c(c2)OCO3)C2CCC1(C)C2(C)C. The predicted molar refractivity (Wildman–Crippen MR) is 113 cm³/mol. The van der Waals surface area contributed by atoms with Crippen LogP contribution < -0.4 is 9.47 Å². The molecule has 29 heavy (non-hydrogen) atoms. The van der Waals surface area contributed by atoms with Gasteiger partial charge in [-0.3, -0.25) is 0 Å². The molecule has 2 bridgehead atoms. The van der Waals surface area contributed by atoms with Gasteiger partial charge >= 0.3 is 5.97 Å². The lowest BCUT2D eigenvalue weighted by Crippen LogP contribution is -2.33. The molecule has 2 saturated carbocycles. The van der Waals surface area contributed by atoms with Gasteiger partial charge in [-0.25, -0.2) is 4.79 Å². The average molecular weight is 398 g/mol. The van der Waals surface area contributed by atoms with Crippen LogP contribution in [-0.2, 0) is 9.63 Å². The molecule has 2 atom stereocenters. The van der Waals surface area contributed by atoms with Crippen molar-refractivity contribution in [2.24, 2.45) is 27.3 Å². The molecule has 2 fully saturated rings. The largest absolute Gasteiger partial charge is 0.454 e. The van der Waals surface area contributed by atoms with E-state index in [2.05, 4.69) is 32.0 Å². The quantitative estimate of drug-likeness (QED) is 0.493. The first kappa shape index (κ1) is 20.0. The fraction of sp³-hybridized carbons (Fsp3) is 0.583. The van der Waals surface area contributed by atoms with E-state index in [1.165, 1.54) is 5.57 Å². The van der Waals surface area contributed by atoms with E-state index < -0.39 is 0 Å². The van der Waals surface area contributed by atoms with Crippen LogP contribution in [0.3, 0.4) is 0 Å². The number of carbonyl (C=O) groups is 1. The van der Waals surface area contributed by atoms with E-state index in [4.69, 9.17) is 14.3 Å². The number of oxime groups is 1. The number of ether oxygens (including phenoxy) is 2. The Hall–Kier alpha value is -2.30. The lowest BCUT2D eigenvalue weighted by molar-refractivity contribution is -0.145. The molecule has 0 saturated heterocycles. The molecule has 0 radical (unpaired) electrons. The van der Waals surface area contributed by atoms with Gasteiger partial charge in [-0.2, -0.15) is 0 Å². The van der Waals surface area contributed by atoms with Gasteiger partial charge in [0, 0.05) is 5.41 Å². The second kappa shape index (κ2) is 6.61. The topological polar surface area (TPSA) is 57.1 Å². The van der Waals surface area contributed by atoms with Gasteiger partial charge in [0.15, 0.2) is 11.5 Å². The number of nitrogens with zero attached hydrogens (tertiary/aromatic N) is 1. The van der Waals surface area contributed by atoms with Crippen molar-refractivity contribution in [3.8, 4) is 11.5 Å². The Morgan fingerprint density at radius 3 is 2.69 bits per heavy atom. The van der Waals surface area contributed by atoms with E-state index in [1.54, 1.807) is 0 Å². The maximum Gasteiger partial charge on any atom is 0.335 e. The van der Waals surface area contributed by atoms with Gasteiger partial charge in [0.1, 0.15) is 0 Å². The number of benzene rings is 1. The van der Waals surface area contributed by atoms with E-state index in [0.717, 1.165) is 35.6 Å². The number of hydrogen-bond donors (Lipinski definition) is 0. The highest BCUT2D eigenvalue weighted by Gasteiger charge is 2.63. The normalized spacial score (nSPS) is 29.7. The Balaban J connectivity index is 1.69. The monoisotopic (exact) mass is 397 g/mol. The predicted octanol–water partition coefficient (Wildman–Crippen LogP) is 5.59. The zero-order valence-electron chi connectivity index (χ0n) is 18.3. The first-order valence-corrected chi connectivity index (χ1v) is 10.4. The number of allylic oxidation sites excluding steroid dienone is 1. The van der Waals surface area contributed by atoms with Crippen LogP contribution in [0.1, 0.15) is 66.4 Å². The van der Waals surface area contributed by atoms with Crippen molar-refractivity contribution in [3.63, 3.8) is 0 Å². The highest BCUT2D eigenvalue weighted by molar-refractivity contribution is 6.11. The number of rotatable bonds is 3. The van der Waals surface area contributed by atoms with E-state index >= 15 is 0 Å². The van der Waals surface area contributed by atoms with Crippen LogP contribution in [0.25, 0.3) is 6.08 Å². The van der Waals surface area contributed by atoms with E-state index in [9.17, 15) is 4.79 Å². The summed E-state index contributed by atoms with van der Waals surface area (Å²) in [5.41, 5.74) is 2.96.